The van der Waals surface area contributed by atoms with E-state index in [1.807, 2.05) is 6.07 Å². The molecule has 1 aromatic heterocycles. The maximum absolute atomic E-state index is 4.43. The Balaban J connectivity index is 2.23. The molecule has 4 heteroatoms. The van der Waals surface area contributed by atoms with Gasteiger partial charge in [-0.25, -0.2) is 9.67 Å². The summed E-state index contributed by atoms with van der Waals surface area (Å²) in [6.07, 6.45) is 5.31. The Hall–Kier alpha value is -1.42. The molecule has 1 aromatic rings. The van der Waals surface area contributed by atoms with Crippen molar-refractivity contribution in [2.24, 2.45) is 4.99 Å². The molecule has 0 aliphatic carbocycles. The maximum atomic E-state index is 4.43. The Morgan fingerprint density at radius 1 is 1.60 bits per heavy atom. The predicted molar refractivity (Wildman–Crippen MR) is 62.4 cm³/mol. The number of hydrogen-bond donors (Lipinski definition) is 1. The molecule has 4 nitrogen and oxygen atoms in total. The van der Waals surface area contributed by atoms with Crippen LogP contribution in [0, 0.1) is 0 Å². The van der Waals surface area contributed by atoms with E-state index in [0.717, 1.165) is 24.5 Å². The van der Waals surface area contributed by atoms with Crippen molar-refractivity contribution in [2.45, 2.75) is 25.3 Å². The van der Waals surface area contributed by atoms with Crippen molar-refractivity contribution in [2.75, 3.05) is 6.54 Å². The molecule has 1 aliphatic rings. The summed E-state index contributed by atoms with van der Waals surface area (Å²) in [5.41, 5.74) is 1.04. The third-order valence-corrected chi connectivity index (χ3v) is 2.74. The first kappa shape index (κ1) is 10.1. The van der Waals surface area contributed by atoms with E-state index in [1.165, 1.54) is 12.8 Å². The summed E-state index contributed by atoms with van der Waals surface area (Å²) in [7, 11) is 0. The molecule has 0 bridgehead atoms. The van der Waals surface area contributed by atoms with E-state index in [0.29, 0.717) is 6.04 Å². The Bertz CT molecular complexity index is 335. The van der Waals surface area contributed by atoms with Crippen LogP contribution in [0.1, 0.15) is 31.0 Å². The second-order valence-electron chi connectivity index (χ2n) is 3.72. The summed E-state index contributed by atoms with van der Waals surface area (Å²) in [5, 5.41) is 7.88. The molecule has 1 saturated heterocycles. The van der Waals surface area contributed by atoms with E-state index in [-0.39, 0.29) is 0 Å². The summed E-state index contributed by atoms with van der Waals surface area (Å²) in [4.78, 5) is 3.91. The van der Waals surface area contributed by atoms with E-state index in [9.17, 15) is 0 Å². The van der Waals surface area contributed by atoms with E-state index < -0.39 is 0 Å². The first-order valence-corrected chi connectivity index (χ1v) is 5.27. The second-order valence-corrected chi connectivity index (χ2v) is 3.72. The van der Waals surface area contributed by atoms with E-state index in [2.05, 4.69) is 28.7 Å². The molecule has 1 aliphatic heterocycles. The van der Waals surface area contributed by atoms with E-state index in [4.69, 9.17) is 0 Å². The molecule has 1 fully saturated rings. The van der Waals surface area contributed by atoms with Gasteiger partial charge in [0.25, 0.3) is 0 Å². The van der Waals surface area contributed by atoms with Crippen LogP contribution in [0.2, 0.25) is 0 Å². The minimum atomic E-state index is 0.362. The van der Waals surface area contributed by atoms with Crippen molar-refractivity contribution in [3.8, 4) is 0 Å². The zero-order valence-electron chi connectivity index (χ0n) is 8.82. The summed E-state index contributed by atoms with van der Waals surface area (Å²) in [6, 6.07) is 2.33. The number of nitrogens with one attached hydrogen (secondary N) is 1. The van der Waals surface area contributed by atoms with Gasteiger partial charge in [0.15, 0.2) is 5.82 Å². The number of aromatic nitrogens is 2. The third kappa shape index (κ3) is 1.99. The van der Waals surface area contributed by atoms with Crippen LogP contribution < -0.4 is 5.32 Å². The normalized spacial score (nSPS) is 21.2. The average Bonchev–Trinajstić information content (AvgIpc) is 2.73. The molecular formula is C11H16N4. The van der Waals surface area contributed by atoms with Gasteiger partial charge in [-0.15, -0.1) is 0 Å². The molecule has 1 atom stereocenters. The SMILES string of the molecule is C=Cn1nc(C2CCCCN2)cc1N=C. The highest BCUT2D eigenvalue weighted by Crippen LogP contribution is 2.25. The van der Waals surface area contributed by atoms with Gasteiger partial charge in [0.1, 0.15) is 0 Å². The third-order valence-electron chi connectivity index (χ3n) is 2.74. The lowest BCUT2D eigenvalue weighted by molar-refractivity contribution is 0.404. The van der Waals surface area contributed by atoms with E-state index >= 15 is 0 Å². The van der Waals surface area contributed by atoms with Gasteiger partial charge >= 0.3 is 0 Å². The molecule has 1 N–H and O–H groups in total. The quantitative estimate of drug-likeness (QED) is 0.766. The Morgan fingerprint density at radius 2 is 2.47 bits per heavy atom. The van der Waals surface area contributed by atoms with Crippen molar-refractivity contribution in [3.63, 3.8) is 0 Å². The summed E-state index contributed by atoms with van der Waals surface area (Å²) >= 11 is 0. The van der Waals surface area contributed by atoms with Crippen molar-refractivity contribution < 1.29 is 0 Å². The van der Waals surface area contributed by atoms with Gasteiger partial charge in [0.2, 0.25) is 0 Å². The number of piperidine rings is 1. The zero-order valence-corrected chi connectivity index (χ0v) is 8.82. The molecule has 0 saturated carbocycles. The smallest absolute Gasteiger partial charge is 0.154 e. The zero-order chi connectivity index (χ0) is 10.7. The summed E-state index contributed by atoms with van der Waals surface area (Å²) in [6.45, 7) is 8.28. The van der Waals surface area contributed by atoms with Gasteiger partial charge in [-0.05, 0) is 26.1 Å². The average molecular weight is 204 g/mol. The van der Waals surface area contributed by atoms with Crippen molar-refractivity contribution in [1.29, 1.82) is 0 Å². The van der Waals surface area contributed by atoms with Crippen LogP contribution in [0.3, 0.4) is 0 Å². The largest absolute Gasteiger partial charge is 0.309 e. The van der Waals surface area contributed by atoms with Crippen LogP contribution in [0.25, 0.3) is 6.20 Å². The highest BCUT2D eigenvalue weighted by atomic mass is 15.3. The molecule has 1 unspecified atom stereocenters. The minimum Gasteiger partial charge on any atom is -0.309 e. The number of hydrogen-bond acceptors (Lipinski definition) is 3. The summed E-state index contributed by atoms with van der Waals surface area (Å²) < 4.78 is 1.67. The van der Waals surface area contributed by atoms with Gasteiger partial charge < -0.3 is 5.32 Å². The Kier molecular flexibility index (Phi) is 2.97. The molecule has 2 heterocycles. The van der Waals surface area contributed by atoms with Gasteiger partial charge in [-0.3, -0.25) is 0 Å². The molecular weight excluding hydrogens is 188 g/mol. The van der Waals surface area contributed by atoms with Crippen LogP contribution in [-0.2, 0) is 0 Å². The van der Waals surface area contributed by atoms with Crippen molar-refractivity contribution >= 4 is 18.7 Å². The molecule has 0 amide bonds. The van der Waals surface area contributed by atoms with Crippen LogP contribution in [0.15, 0.2) is 17.6 Å². The van der Waals surface area contributed by atoms with Crippen LogP contribution in [0.4, 0.5) is 5.82 Å². The first-order valence-electron chi connectivity index (χ1n) is 5.27. The Morgan fingerprint density at radius 3 is 3.00 bits per heavy atom. The van der Waals surface area contributed by atoms with Gasteiger partial charge in [-0.2, -0.15) is 5.10 Å². The summed E-state index contributed by atoms with van der Waals surface area (Å²) in [5.74, 6) is 0.757. The topological polar surface area (TPSA) is 42.2 Å². The van der Waals surface area contributed by atoms with Gasteiger partial charge in [-0.1, -0.05) is 13.0 Å². The first-order chi connectivity index (χ1) is 7.35. The minimum absolute atomic E-state index is 0.362. The highest BCUT2D eigenvalue weighted by molar-refractivity contribution is 5.45. The molecule has 0 spiro atoms. The fraction of sp³-hybridized carbons (Fsp3) is 0.455. The lowest BCUT2D eigenvalue weighted by Crippen LogP contribution is -2.27. The van der Waals surface area contributed by atoms with Crippen LogP contribution in [0.5, 0.6) is 0 Å². The maximum Gasteiger partial charge on any atom is 0.154 e. The number of nitrogens with zero attached hydrogens (tertiary/aromatic N) is 3. The Labute approximate surface area is 89.7 Å². The monoisotopic (exact) mass is 204 g/mol. The van der Waals surface area contributed by atoms with Crippen molar-refractivity contribution in [3.05, 3.63) is 18.3 Å². The number of rotatable bonds is 3. The molecule has 0 aromatic carbocycles. The highest BCUT2D eigenvalue weighted by Gasteiger charge is 2.18. The number of aliphatic imine (C=N–C) groups is 1. The molecule has 0 radical (unpaired) electrons. The lowest BCUT2D eigenvalue weighted by Gasteiger charge is -2.21. The van der Waals surface area contributed by atoms with Gasteiger partial charge in [0, 0.05) is 12.3 Å². The molecule has 80 valence electrons. The fourth-order valence-corrected chi connectivity index (χ4v) is 1.93. The molecule has 15 heavy (non-hydrogen) atoms. The van der Waals surface area contributed by atoms with Gasteiger partial charge in [0.05, 0.1) is 11.7 Å². The van der Waals surface area contributed by atoms with E-state index in [1.54, 1.807) is 10.9 Å². The fourth-order valence-electron chi connectivity index (χ4n) is 1.93. The molecule has 2 rings (SSSR count). The van der Waals surface area contributed by atoms with Crippen LogP contribution in [-0.4, -0.2) is 23.0 Å². The lowest BCUT2D eigenvalue weighted by atomic mass is 10.0. The van der Waals surface area contributed by atoms with Crippen molar-refractivity contribution in [1.82, 2.24) is 15.1 Å². The predicted octanol–water partition coefficient (Wildman–Crippen LogP) is 2.13. The van der Waals surface area contributed by atoms with Crippen LogP contribution >= 0.6 is 0 Å². The standard InChI is InChI=1S/C11H16N4/c1-3-15-11(12-2)8-10(14-15)9-6-4-5-7-13-9/h3,8-9,13H,1-2,4-7H2. The second kappa shape index (κ2) is 4.40.